The third kappa shape index (κ3) is 3.85. The Hall–Kier alpha value is -3.13. The quantitative estimate of drug-likeness (QED) is 0.784. The first-order valence-electron chi connectivity index (χ1n) is 7.92. The van der Waals surface area contributed by atoms with Crippen molar-refractivity contribution in [3.8, 4) is 5.75 Å². The van der Waals surface area contributed by atoms with E-state index in [0.29, 0.717) is 11.4 Å². The molecule has 0 radical (unpaired) electrons. The molecular weight excluding hydrogens is 377 g/mol. The van der Waals surface area contributed by atoms with Gasteiger partial charge in [-0.2, -0.15) is 0 Å². The molecule has 1 fully saturated rings. The third-order valence-electron chi connectivity index (χ3n) is 4.01. The number of anilines is 2. The Morgan fingerprint density at radius 1 is 1.26 bits per heavy atom. The van der Waals surface area contributed by atoms with Crippen LogP contribution >= 0.6 is 11.6 Å². The molecule has 1 saturated heterocycles. The van der Waals surface area contributed by atoms with Gasteiger partial charge in [0.1, 0.15) is 17.5 Å². The lowest BCUT2D eigenvalue weighted by Gasteiger charge is -2.30. The van der Waals surface area contributed by atoms with Crippen LogP contribution in [0.15, 0.2) is 42.5 Å². The first kappa shape index (κ1) is 18.7. The zero-order chi connectivity index (χ0) is 19.6. The molecule has 27 heavy (non-hydrogen) atoms. The molecule has 1 atom stereocenters. The Labute approximate surface area is 159 Å². The number of hydrogen-bond acceptors (Lipinski definition) is 4. The highest BCUT2D eigenvalue weighted by Gasteiger charge is 2.39. The second kappa shape index (κ2) is 7.63. The number of urea groups is 1. The van der Waals surface area contributed by atoms with Crippen LogP contribution in [-0.4, -0.2) is 31.5 Å². The summed E-state index contributed by atoms with van der Waals surface area (Å²) in [5, 5.41) is 4.88. The number of benzene rings is 2. The van der Waals surface area contributed by atoms with Gasteiger partial charge in [-0.05, 0) is 42.5 Å². The van der Waals surface area contributed by atoms with Gasteiger partial charge in [0.05, 0.1) is 17.8 Å². The zero-order valence-corrected chi connectivity index (χ0v) is 14.9. The lowest BCUT2D eigenvalue weighted by atomic mass is 10.0. The molecule has 1 aliphatic heterocycles. The largest absolute Gasteiger partial charge is 0.497 e. The number of nitrogens with zero attached hydrogens (tertiary/aromatic N) is 1. The fraction of sp³-hybridized carbons (Fsp3) is 0.167. The summed E-state index contributed by atoms with van der Waals surface area (Å²) < 4.78 is 18.6. The minimum absolute atomic E-state index is 0.0836. The van der Waals surface area contributed by atoms with Gasteiger partial charge < -0.3 is 15.4 Å². The topological polar surface area (TPSA) is 87.7 Å². The molecule has 0 aromatic heterocycles. The van der Waals surface area contributed by atoms with E-state index in [2.05, 4.69) is 10.6 Å². The van der Waals surface area contributed by atoms with E-state index >= 15 is 0 Å². The van der Waals surface area contributed by atoms with Gasteiger partial charge in [-0.25, -0.2) is 14.1 Å². The molecule has 9 heteroatoms. The summed E-state index contributed by atoms with van der Waals surface area (Å²) in [7, 11) is 1.49. The van der Waals surface area contributed by atoms with E-state index < -0.39 is 29.6 Å². The molecule has 2 aromatic carbocycles. The van der Waals surface area contributed by atoms with E-state index in [-0.39, 0.29) is 17.3 Å². The summed E-state index contributed by atoms with van der Waals surface area (Å²) in [6.07, 6.45) is 0. The number of hydrogen-bond donors (Lipinski definition) is 2. The van der Waals surface area contributed by atoms with E-state index in [4.69, 9.17) is 16.3 Å². The van der Waals surface area contributed by atoms with Crippen LogP contribution in [0.1, 0.15) is 0 Å². The van der Waals surface area contributed by atoms with Crippen LogP contribution in [0.3, 0.4) is 0 Å². The van der Waals surface area contributed by atoms with Gasteiger partial charge in [0.25, 0.3) is 0 Å². The van der Waals surface area contributed by atoms with Crippen molar-refractivity contribution in [1.82, 2.24) is 5.32 Å². The maximum atomic E-state index is 13.5. The van der Waals surface area contributed by atoms with Crippen LogP contribution in [0, 0.1) is 11.7 Å². The standard InChI is InChI=1S/C18H15ClFN3O4/c1-27-12-5-3-11(4-6-12)23-17(25)13(9-21-18(23)26)16(24)22-10-2-7-14(19)15(20)8-10/h2-8,13H,9H2,1H3,(H,21,26)(H,22,24). The van der Waals surface area contributed by atoms with Crippen molar-refractivity contribution < 1.29 is 23.5 Å². The highest BCUT2D eigenvalue weighted by Crippen LogP contribution is 2.24. The number of nitrogens with one attached hydrogen (secondary N) is 2. The third-order valence-corrected chi connectivity index (χ3v) is 4.32. The smallest absolute Gasteiger partial charge is 0.328 e. The van der Waals surface area contributed by atoms with Gasteiger partial charge in [-0.1, -0.05) is 11.6 Å². The molecule has 2 aromatic rings. The van der Waals surface area contributed by atoms with E-state index in [0.717, 1.165) is 11.0 Å². The molecule has 4 amide bonds. The monoisotopic (exact) mass is 391 g/mol. The van der Waals surface area contributed by atoms with Crippen LogP contribution in [-0.2, 0) is 9.59 Å². The Morgan fingerprint density at radius 2 is 1.96 bits per heavy atom. The van der Waals surface area contributed by atoms with Gasteiger partial charge >= 0.3 is 6.03 Å². The van der Waals surface area contributed by atoms with Gasteiger partial charge in [-0.3, -0.25) is 9.59 Å². The fourth-order valence-electron chi connectivity index (χ4n) is 2.60. The number of imide groups is 1. The maximum absolute atomic E-state index is 13.5. The van der Waals surface area contributed by atoms with Crippen LogP contribution in [0.2, 0.25) is 5.02 Å². The summed E-state index contributed by atoms with van der Waals surface area (Å²) >= 11 is 5.61. The normalized spacial score (nSPS) is 16.7. The van der Waals surface area contributed by atoms with Crippen molar-refractivity contribution in [3.05, 3.63) is 53.3 Å². The van der Waals surface area contributed by atoms with Crippen LogP contribution in [0.4, 0.5) is 20.6 Å². The number of carbonyl (C=O) groups excluding carboxylic acids is 3. The highest BCUT2D eigenvalue weighted by atomic mass is 35.5. The van der Waals surface area contributed by atoms with E-state index in [1.807, 2.05) is 0 Å². The average Bonchev–Trinajstić information content (AvgIpc) is 2.65. The summed E-state index contributed by atoms with van der Waals surface area (Å²) in [5.41, 5.74) is 0.455. The molecule has 0 aliphatic carbocycles. The molecule has 3 rings (SSSR count). The summed E-state index contributed by atoms with van der Waals surface area (Å²) in [6.45, 7) is -0.160. The van der Waals surface area contributed by atoms with Crippen molar-refractivity contribution in [3.63, 3.8) is 0 Å². The molecule has 140 valence electrons. The van der Waals surface area contributed by atoms with Crippen LogP contribution in [0.25, 0.3) is 0 Å². The van der Waals surface area contributed by atoms with E-state index in [1.54, 1.807) is 12.1 Å². The number of methoxy groups -OCH3 is 1. The summed E-state index contributed by atoms with van der Waals surface area (Å²) in [4.78, 5) is 38.2. The molecule has 1 aliphatic rings. The molecule has 1 heterocycles. The predicted molar refractivity (Wildman–Crippen MR) is 97.4 cm³/mol. The fourth-order valence-corrected chi connectivity index (χ4v) is 2.71. The lowest BCUT2D eigenvalue weighted by molar-refractivity contribution is -0.130. The molecule has 0 saturated carbocycles. The number of ether oxygens (including phenoxy) is 1. The van der Waals surface area contributed by atoms with E-state index in [9.17, 15) is 18.8 Å². The van der Waals surface area contributed by atoms with Gasteiger partial charge in [0.15, 0.2) is 0 Å². The van der Waals surface area contributed by atoms with Crippen LogP contribution in [0.5, 0.6) is 5.75 Å². The van der Waals surface area contributed by atoms with Crippen molar-refractivity contribution in [1.29, 1.82) is 0 Å². The highest BCUT2D eigenvalue weighted by molar-refractivity contribution is 6.30. The van der Waals surface area contributed by atoms with Gasteiger partial charge in [-0.15, -0.1) is 0 Å². The first-order valence-corrected chi connectivity index (χ1v) is 8.30. The Morgan fingerprint density at radius 3 is 2.59 bits per heavy atom. The van der Waals surface area contributed by atoms with Gasteiger partial charge in [0, 0.05) is 12.2 Å². The second-order valence-electron chi connectivity index (χ2n) is 5.73. The number of halogens is 2. The second-order valence-corrected chi connectivity index (χ2v) is 6.14. The molecule has 0 spiro atoms. The van der Waals surface area contributed by atoms with Crippen molar-refractivity contribution >= 4 is 40.8 Å². The average molecular weight is 392 g/mol. The van der Waals surface area contributed by atoms with Crippen molar-refractivity contribution in [2.45, 2.75) is 0 Å². The lowest BCUT2D eigenvalue weighted by Crippen LogP contribution is -2.58. The van der Waals surface area contributed by atoms with E-state index in [1.165, 1.54) is 31.4 Å². The Kier molecular flexibility index (Phi) is 5.27. The Balaban J connectivity index is 1.79. The SMILES string of the molecule is COc1ccc(N2C(=O)NCC(C(=O)Nc3ccc(Cl)c(F)c3)C2=O)cc1. The van der Waals surface area contributed by atoms with Crippen molar-refractivity contribution in [2.24, 2.45) is 5.92 Å². The Bertz CT molecular complexity index is 904. The number of rotatable bonds is 4. The molecule has 2 N–H and O–H groups in total. The van der Waals surface area contributed by atoms with Crippen LogP contribution < -0.4 is 20.3 Å². The summed E-state index contributed by atoms with van der Waals surface area (Å²) in [6, 6.07) is 9.37. The molecule has 1 unspecified atom stereocenters. The minimum Gasteiger partial charge on any atom is -0.497 e. The van der Waals surface area contributed by atoms with Crippen molar-refractivity contribution in [2.75, 3.05) is 23.9 Å². The first-order chi connectivity index (χ1) is 12.9. The predicted octanol–water partition coefficient (Wildman–Crippen LogP) is 2.80. The number of amides is 4. The molecular formula is C18H15ClFN3O4. The maximum Gasteiger partial charge on any atom is 0.328 e. The zero-order valence-electron chi connectivity index (χ0n) is 14.2. The minimum atomic E-state index is -1.16. The number of carbonyl (C=O) groups is 3. The molecule has 7 nitrogen and oxygen atoms in total. The molecule has 0 bridgehead atoms. The van der Waals surface area contributed by atoms with Gasteiger partial charge in [0.2, 0.25) is 11.8 Å². The summed E-state index contributed by atoms with van der Waals surface area (Å²) in [5.74, 6) is -2.65.